The van der Waals surface area contributed by atoms with Crippen LogP contribution in [0.15, 0.2) is 18.2 Å². The van der Waals surface area contributed by atoms with E-state index in [-0.39, 0.29) is 11.4 Å². The fraction of sp³-hybridized carbons (Fsp3) is 0.462. The van der Waals surface area contributed by atoms with Crippen molar-refractivity contribution in [2.45, 2.75) is 39.2 Å². The summed E-state index contributed by atoms with van der Waals surface area (Å²) in [4.78, 5) is 21.4. The first kappa shape index (κ1) is 14.9. The third-order valence-electron chi connectivity index (χ3n) is 2.72. The van der Waals surface area contributed by atoms with Crippen LogP contribution in [0.3, 0.4) is 0 Å². The van der Waals surface area contributed by atoms with Crippen molar-refractivity contribution in [3.8, 4) is 5.75 Å². The molecule has 0 saturated heterocycles. The normalized spacial score (nSPS) is 11.9. The highest BCUT2D eigenvalue weighted by Gasteiger charge is 2.23. The van der Waals surface area contributed by atoms with Crippen molar-refractivity contribution in [3.05, 3.63) is 33.9 Å². The highest BCUT2D eigenvalue weighted by atomic mass is 16.6. The smallest absolute Gasteiger partial charge is 0.344 e. The molecule has 104 valence electrons. The van der Waals surface area contributed by atoms with E-state index < -0.39 is 17.0 Å². The van der Waals surface area contributed by atoms with Crippen LogP contribution < -0.4 is 4.74 Å². The summed E-state index contributed by atoms with van der Waals surface area (Å²) in [7, 11) is 0. The number of nitro benzene ring substituents is 1. The van der Waals surface area contributed by atoms with Crippen molar-refractivity contribution in [2.75, 3.05) is 0 Å². The van der Waals surface area contributed by atoms with E-state index in [1.807, 2.05) is 13.8 Å². The molecule has 0 aliphatic carbocycles. The lowest BCUT2D eigenvalue weighted by molar-refractivity contribution is -0.386. The number of hydrogen-bond acceptors (Lipinski definition) is 4. The van der Waals surface area contributed by atoms with Gasteiger partial charge in [-0.05, 0) is 24.5 Å². The fourth-order valence-electron chi connectivity index (χ4n) is 1.67. The predicted molar refractivity (Wildman–Crippen MR) is 69.4 cm³/mol. The van der Waals surface area contributed by atoms with Crippen LogP contribution in [-0.2, 0) is 11.2 Å². The Morgan fingerprint density at radius 3 is 2.63 bits per heavy atom. The third kappa shape index (κ3) is 3.94. The minimum absolute atomic E-state index is 0.00282. The van der Waals surface area contributed by atoms with E-state index in [2.05, 4.69) is 0 Å². The number of carboxylic acid groups (broad SMARTS) is 1. The van der Waals surface area contributed by atoms with E-state index >= 15 is 0 Å². The summed E-state index contributed by atoms with van der Waals surface area (Å²) in [5, 5.41) is 20.0. The van der Waals surface area contributed by atoms with E-state index in [4.69, 9.17) is 9.84 Å². The Morgan fingerprint density at radius 1 is 1.47 bits per heavy atom. The molecule has 1 aromatic rings. The van der Waals surface area contributed by atoms with Crippen molar-refractivity contribution in [1.29, 1.82) is 0 Å². The fourth-order valence-corrected chi connectivity index (χ4v) is 1.67. The molecule has 6 nitrogen and oxygen atoms in total. The van der Waals surface area contributed by atoms with Crippen LogP contribution in [0.4, 0.5) is 5.69 Å². The molecule has 0 aliphatic rings. The van der Waals surface area contributed by atoms with Crippen molar-refractivity contribution in [2.24, 2.45) is 0 Å². The summed E-state index contributed by atoms with van der Waals surface area (Å²) in [6.45, 7) is 3.71. The first-order chi connectivity index (χ1) is 8.99. The Hall–Kier alpha value is -2.11. The van der Waals surface area contributed by atoms with E-state index in [1.165, 1.54) is 12.1 Å². The summed E-state index contributed by atoms with van der Waals surface area (Å²) in [6, 6.07) is 4.58. The van der Waals surface area contributed by atoms with Crippen LogP contribution in [-0.4, -0.2) is 22.1 Å². The molecule has 6 heteroatoms. The summed E-state index contributed by atoms with van der Waals surface area (Å²) in [5.41, 5.74) is 0.614. The van der Waals surface area contributed by atoms with E-state index in [0.717, 1.165) is 5.56 Å². The summed E-state index contributed by atoms with van der Waals surface area (Å²) < 4.78 is 5.27. The average molecular weight is 267 g/mol. The molecule has 0 radical (unpaired) electrons. The van der Waals surface area contributed by atoms with Gasteiger partial charge in [0.2, 0.25) is 0 Å². The van der Waals surface area contributed by atoms with Crippen LogP contribution >= 0.6 is 0 Å². The standard InChI is InChI=1S/C13H17NO5/c1-3-5-12(13(15)16)19-11-7-6-9(4-2)8-10(11)14(17)18/h6-8,12H,3-5H2,1-2H3,(H,15,16). The average Bonchev–Trinajstić information content (AvgIpc) is 2.38. The number of hydrogen-bond donors (Lipinski definition) is 1. The van der Waals surface area contributed by atoms with Crippen LogP contribution in [0.1, 0.15) is 32.3 Å². The predicted octanol–water partition coefficient (Wildman–Crippen LogP) is 2.79. The molecule has 1 rings (SSSR count). The second-order valence-electron chi connectivity index (χ2n) is 4.15. The first-order valence-electron chi connectivity index (χ1n) is 6.16. The van der Waals surface area contributed by atoms with Gasteiger partial charge in [-0.1, -0.05) is 26.3 Å². The first-order valence-corrected chi connectivity index (χ1v) is 6.16. The molecule has 0 bridgehead atoms. The molecule has 0 spiro atoms. The quantitative estimate of drug-likeness (QED) is 0.606. The van der Waals surface area contributed by atoms with Crippen molar-refractivity contribution in [1.82, 2.24) is 0 Å². The number of ether oxygens (including phenoxy) is 1. The number of nitro groups is 1. The van der Waals surface area contributed by atoms with Gasteiger partial charge >= 0.3 is 11.7 Å². The zero-order valence-corrected chi connectivity index (χ0v) is 11.0. The maximum Gasteiger partial charge on any atom is 0.344 e. The van der Waals surface area contributed by atoms with Crippen molar-refractivity contribution < 1.29 is 19.6 Å². The maximum atomic E-state index is 11.0. The molecule has 19 heavy (non-hydrogen) atoms. The van der Waals surface area contributed by atoms with Crippen LogP contribution in [0.5, 0.6) is 5.75 Å². The zero-order chi connectivity index (χ0) is 14.4. The summed E-state index contributed by atoms with van der Waals surface area (Å²) in [5.74, 6) is -1.11. The molecule has 1 unspecified atom stereocenters. The molecular formula is C13H17NO5. The molecule has 0 aromatic heterocycles. The number of carbonyl (C=O) groups is 1. The van der Waals surface area contributed by atoms with E-state index in [9.17, 15) is 14.9 Å². The van der Waals surface area contributed by atoms with Crippen molar-refractivity contribution >= 4 is 11.7 Å². The topological polar surface area (TPSA) is 89.7 Å². The number of aliphatic carboxylic acids is 1. The van der Waals surface area contributed by atoms with Gasteiger partial charge in [0.25, 0.3) is 0 Å². The molecule has 0 heterocycles. The second-order valence-corrected chi connectivity index (χ2v) is 4.15. The number of rotatable bonds is 7. The van der Waals surface area contributed by atoms with Gasteiger partial charge in [0, 0.05) is 6.07 Å². The maximum absolute atomic E-state index is 11.0. The lowest BCUT2D eigenvalue weighted by Gasteiger charge is -2.14. The van der Waals surface area contributed by atoms with Gasteiger partial charge in [-0.2, -0.15) is 0 Å². The second kappa shape index (κ2) is 6.72. The summed E-state index contributed by atoms with van der Waals surface area (Å²) >= 11 is 0. The Bertz CT molecular complexity index is 472. The number of carboxylic acids is 1. The van der Waals surface area contributed by atoms with Gasteiger partial charge in [-0.25, -0.2) is 4.79 Å². The molecular weight excluding hydrogens is 250 g/mol. The Labute approximate surface area is 111 Å². The van der Waals surface area contributed by atoms with Gasteiger partial charge in [0.15, 0.2) is 11.9 Å². The van der Waals surface area contributed by atoms with Crippen molar-refractivity contribution in [3.63, 3.8) is 0 Å². The largest absolute Gasteiger partial charge is 0.479 e. The Morgan fingerprint density at radius 2 is 2.16 bits per heavy atom. The van der Waals surface area contributed by atoms with Gasteiger partial charge in [0.05, 0.1) is 4.92 Å². The molecule has 1 atom stereocenters. The van der Waals surface area contributed by atoms with Gasteiger partial charge in [-0.15, -0.1) is 0 Å². The zero-order valence-electron chi connectivity index (χ0n) is 11.0. The van der Waals surface area contributed by atoms with E-state index in [0.29, 0.717) is 19.3 Å². The molecule has 1 N–H and O–H groups in total. The SMILES string of the molecule is CCCC(Oc1ccc(CC)cc1[N+](=O)[O-])C(=O)O. The van der Waals surface area contributed by atoms with Crippen LogP contribution in [0.2, 0.25) is 0 Å². The highest BCUT2D eigenvalue weighted by Crippen LogP contribution is 2.29. The number of nitrogens with zero attached hydrogens (tertiary/aromatic N) is 1. The van der Waals surface area contributed by atoms with Gasteiger partial charge in [-0.3, -0.25) is 10.1 Å². The minimum Gasteiger partial charge on any atom is -0.479 e. The highest BCUT2D eigenvalue weighted by molar-refractivity contribution is 5.73. The Balaban J connectivity index is 3.05. The van der Waals surface area contributed by atoms with Gasteiger partial charge in [0.1, 0.15) is 0 Å². The monoisotopic (exact) mass is 267 g/mol. The molecule has 0 amide bonds. The number of aryl methyl sites for hydroxylation is 1. The Kier molecular flexibility index (Phi) is 5.29. The summed E-state index contributed by atoms with van der Waals surface area (Å²) in [6.07, 6.45) is 0.536. The van der Waals surface area contributed by atoms with E-state index in [1.54, 1.807) is 6.07 Å². The third-order valence-corrected chi connectivity index (χ3v) is 2.72. The molecule has 0 saturated carbocycles. The lowest BCUT2D eigenvalue weighted by atomic mass is 10.1. The molecule has 0 fully saturated rings. The van der Waals surface area contributed by atoms with Crippen LogP contribution in [0.25, 0.3) is 0 Å². The molecule has 1 aromatic carbocycles. The minimum atomic E-state index is -1.12. The van der Waals surface area contributed by atoms with Crippen LogP contribution in [0, 0.1) is 10.1 Å². The number of benzene rings is 1. The lowest BCUT2D eigenvalue weighted by Crippen LogP contribution is -2.27. The molecule has 0 aliphatic heterocycles. The van der Waals surface area contributed by atoms with Gasteiger partial charge < -0.3 is 9.84 Å².